The average molecular weight is 276 g/mol. The van der Waals surface area contributed by atoms with Crippen LogP contribution in [-0.4, -0.2) is 31.2 Å². The first kappa shape index (κ1) is 15.0. The summed E-state index contributed by atoms with van der Waals surface area (Å²) >= 11 is 0. The fraction of sp³-hybridized carbons (Fsp3) is 0.562. The van der Waals surface area contributed by atoms with Crippen molar-refractivity contribution in [1.82, 2.24) is 5.32 Å². The number of hydrogen-bond acceptors (Lipinski definition) is 3. The molecular weight excluding hydrogens is 252 g/mol. The van der Waals surface area contributed by atoms with Crippen molar-refractivity contribution in [1.29, 1.82) is 0 Å². The molecule has 1 saturated carbocycles. The molecule has 110 valence electrons. The Morgan fingerprint density at radius 3 is 2.70 bits per heavy atom. The molecule has 1 amide bonds. The van der Waals surface area contributed by atoms with Crippen molar-refractivity contribution < 1.29 is 9.53 Å². The van der Waals surface area contributed by atoms with Gasteiger partial charge in [0.15, 0.2) is 0 Å². The van der Waals surface area contributed by atoms with Crippen LogP contribution in [0.15, 0.2) is 30.3 Å². The number of ether oxygens (including phenoxy) is 1. The molecule has 1 aliphatic carbocycles. The summed E-state index contributed by atoms with van der Waals surface area (Å²) in [6, 6.07) is 9.29. The standard InChI is InChI=1S/C16H24N2O2/c1-13(16(19)18-14-7-3-2-4-8-14)17-11-12-20-15-9-5-6-10-15/h2-4,7-8,13,15,17H,5-6,9-12H2,1H3,(H,18,19). The minimum absolute atomic E-state index is 0.0166. The first-order valence-corrected chi connectivity index (χ1v) is 7.46. The second kappa shape index (κ2) is 8.02. The minimum Gasteiger partial charge on any atom is -0.377 e. The third-order valence-electron chi connectivity index (χ3n) is 3.64. The third-order valence-corrected chi connectivity index (χ3v) is 3.64. The lowest BCUT2D eigenvalue weighted by Gasteiger charge is -2.15. The van der Waals surface area contributed by atoms with E-state index >= 15 is 0 Å². The molecule has 4 heteroatoms. The van der Waals surface area contributed by atoms with E-state index < -0.39 is 0 Å². The van der Waals surface area contributed by atoms with E-state index in [4.69, 9.17) is 4.74 Å². The summed E-state index contributed by atoms with van der Waals surface area (Å²) < 4.78 is 5.76. The highest BCUT2D eigenvalue weighted by molar-refractivity contribution is 5.94. The molecule has 2 rings (SSSR count). The summed E-state index contributed by atoms with van der Waals surface area (Å²) in [6.45, 7) is 3.25. The van der Waals surface area contributed by atoms with Crippen molar-refractivity contribution in [3.05, 3.63) is 30.3 Å². The van der Waals surface area contributed by atoms with Crippen LogP contribution in [0.2, 0.25) is 0 Å². The Morgan fingerprint density at radius 1 is 1.30 bits per heavy atom. The van der Waals surface area contributed by atoms with Crippen molar-refractivity contribution in [3.63, 3.8) is 0 Å². The summed E-state index contributed by atoms with van der Waals surface area (Å²) in [5.74, 6) is -0.0166. The van der Waals surface area contributed by atoms with Gasteiger partial charge < -0.3 is 15.4 Å². The molecule has 0 aromatic heterocycles. The number of nitrogens with one attached hydrogen (secondary N) is 2. The molecule has 0 aliphatic heterocycles. The van der Waals surface area contributed by atoms with Crippen LogP contribution in [0.3, 0.4) is 0 Å². The van der Waals surface area contributed by atoms with Crippen molar-refractivity contribution in [2.75, 3.05) is 18.5 Å². The molecule has 1 aromatic carbocycles. The first-order chi connectivity index (χ1) is 9.75. The topological polar surface area (TPSA) is 50.4 Å². The Labute approximate surface area is 120 Å². The van der Waals surface area contributed by atoms with E-state index in [0.29, 0.717) is 19.3 Å². The smallest absolute Gasteiger partial charge is 0.241 e. The van der Waals surface area contributed by atoms with Gasteiger partial charge in [0.1, 0.15) is 0 Å². The van der Waals surface area contributed by atoms with E-state index in [0.717, 1.165) is 5.69 Å². The molecule has 0 spiro atoms. The van der Waals surface area contributed by atoms with Gasteiger partial charge in [-0.05, 0) is 31.9 Å². The quantitative estimate of drug-likeness (QED) is 0.753. The summed E-state index contributed by atoms with van der Waals surface area (Å²) in [6.07, 6.45) is 5.38. The molecule has 20 heavy (non-hydrogen) atoms. The Morgan fingerprint density at radius 2 is 2.00 bits per heavy atom. The van der Waals surface area contributed by atoms with Gasteiger partial charge in [0.05, 0.1) is 18.8 Å². The molecule has 0 radical (unpaired) electrons. The van der Waals surface area contributed by atoms with Gasteiger partial charge >= 0.3 is 0 Å². The van der Waals surface area contributed by atoms with E-state index in [2.05, 4.69) is 10.6 Å². The van der Waals surface area contributed by atoms with Crippen molar-refractivity contribution >= 4 is 11.6 Å². The molecule has 4 nitrogen and oxygen atoms in total. The van der Waals surface area contributed by atoms with E-state index in [-0.39, 0.29) is 11.9 Å². The second-order valence-electron chi connectivity index (χ2n) is 5.31. The fourth-order valence-corrected chi connectivity index (χ4v) is 2.42. The zero-order valence-electron chi connectivity index (χ0n) is 12.1. The normalized spacial score (nSPS) is 17.1. The summed E-state index contributed by atoms with van der Waals surface area (Å²) in [5, 5.41) is 6.07. The molecular formula is C16H24N2O2. The van der Waals surface area contributed by atoms with Crippen LogP contribution >= 0.6 is 0 Å². The van der Waals surface area contributed by atoms with Crippen LogP contribution in [0.5, 0.6) is 0 Å². The largest absolute Gasteiger partial charge is 0.377 e. The van der Waals surface area contributed by atoms with Gasteiger partial charge in [-0.2, -0.15) is 0 Å². The van der Waals surface area contributed by atoms with E-state index in [1.54, 1.807) is 0 Å². The molecule has 1 aromatic rings. The van der Waals surface area contributed by atoms with Gasteiger partial charge in [-0.1, -0.05) is 31.0 Å². The summed E-state index contributed by atoms with van der Waals surface area (Å²) in [7, 11) is 0. The number of carbonyl (C=O) groups excluding carboxylic acids is 1. The number of rotatable bonds is 7. The van der Waals surface area contributed by atoms with Gasteiger partial charge in [0.25, 0.3) is 0 Å². The van der Waals surface area contributed by atoms with Crippen LogP contribution in [0.4, 0.5) is 5.69 Å². The molecule has 0 bridgehead atoms. The number of carbonyl (C=O) groups is 1. The molecule has 1 aliphatic rings. The first-order valence-electron chi connectivity index (χ1n) is 7.46. The Kier molecular flexibility index (Phi) is 6.02. The molecule has 1 atom stereocenters. The SMILES string of the molecule is CC(NCCOC1CCCC1)C(=O)Nc1ccccc1. The molecule has 2 N–H and O–H groups in total. The fourth-order valence-electron chi connectivity index (χ4n) is 2.42. The van der Waals surface area contributed by atoms with Crippen LogP contribution in [0, 0.1) is 0 Å². The maximum atomic E-state index is 11.9. The van der Waals surface area contributed by atoms with Gasteiger partial charge in [-0.3, -0.25) is 4.79 Å². The van der Waals surface area contributed by atoms with Gasteiger partial charge in [0.2, 0.25) is 5.91 Å². The number of benzene rings is 1. The van der Waals surface area contributed by atoms with Crippen molar-refractivity contribution in [2.24, 2.45) is 0 Å². The van der Waals surface area contributed by atoms with Crippen LogP contribution in [-0.2, 0) is 9.53 Å². The number of hydrogen-bond donors (Lipinski definition) is 2. The maximum absolute atomic E-state index is 11.9. The maximum Gasteiger partial charge on any atom is 0.241 e. The highest BCUT2D eigenvalue weighted by Crippen LogP contribution is 2.20. The lowest BCUT2D eigenvalue weighted by atomic mass is 10.2. The predicted octanol–water partition coefficient (Wildman–Crippen LogP) is 2.56. The average Bonchev–Trinajstić information content (AvgIpc) is 2.97. The van der Waals surface area contributed by atoms with E-state index in [1.165, 1.54) is 25.7 Å². The minimum atomic E-state index is -0.220. The highest BCUT2D eigenvalue weighted by atomic mass is 16.5. The molecule has 1 unspecified atom stereocenters. The van der Waals surface area contributed by atoms with Crippen LogP contribution in [0.25, 0.3) is 0 Å². The lowest BCUT2D eigenvalue weighted by Crippen LogP contribution is -2.39. The van der Waals surface area contributed by atoms with Crippen LogP contribution < -0.4 is 10.6 Å². The third kappa shape index (κ3) is 4.94. The zero-order valence-corrected chi connectivity index (χ0v) is 12.1. The summed E-state index contributed by atoms with van der Waals surface area (Å²) in [5.41, 5.74) is 0.827. The molecule has 0 saturated heterocycles. The molecule has 1 fully saturated rings. The van der Waals surface area contributed by atoms with E-state index in [1.807, 2.05) is 37.3 Å². The highest BCUT2D eigenvalue weighted by Gasteiger charge is 2.16. The summed E-state index contributed by atoms with van der Waals surface area (Å²) in [4.78, 5) is 11.9. The van der Waals surface area contributed by atoms with Gasteiger partial charge in [0, 0.05) is 12.2 Å². The van der Waals surface area contributed by atoms with Crippen molar-refractivity contribution in [2.45, 2.75) is 44.8 Å². The Bertz CT molecular complexity index is 402. The van der Waals surface area contributed by atoms with Crippen LogP contribution in [0.1, 0.15) is 32.6 Å². The number of anilines is 1. The Hall–Kier alpha value is -1.39. The number of para-hydroxylation sites is 1. The predicted molar refractivity (Wildman–Crippen MR) is 80.7 cm³/mol. The van der Waals surface area contributed by atoms with E-state index in [9.17, 15) is 4.79 Å². The van der Waals surface area contributed by atoms with Crippen molar-refractivity contribution in [3.8, 4) is 0 Å². The van der Waals surface area contributed by atoms with Gasteiger partial charge in [-0.15, -0.1) is 0 Å². The zero-order chi connectivity index (χ0) is 14.2. The van der Waals surface area contributed by atoms with Gasteiger partial charge in [-0.25, -0.2) is 0 Å². The lowest BCUT2D eigenvalue weighted by molar-refractivity contribution is -0.117. The Balaban J connectivity index is 1.61. The monoisotopic (exact) mass is 276 g/mol. The number of amides is 1. The molecule has 0 heterocycles. The second-order valence-corrected chi connectivity index (χ2v) is 5.31.